The van der Waals surface area contributed by atoms with Gasteiger partial charge in [0.2, 0.25) is 0 Å². The van der Waals surface area contributed by atoms with E-state index in [1.807, 2.05) is 0 Å². The molecule has 1 heterocycles. The quantitative estimate of drug-likeness (QED) is 0.570. The molecule has 11 heavy (non-hydrogen) atoms. The molecule has 60 valence electrons. The first-order valence-corrected chi connectivity index (χ1v) is 4.60. The van der Waals surface area contributed by atoms with Crippen LogP contribution in [0.25, 0.3) is 0 Å². The van der Waals surface area contributed by atoms with Crippen LogP contribution in [0.2, 0.25) is 5.15 Å². The highest BCUT2D eigenvalue weighted by Crippen LogP contribution is 2.12. The van der Waals surface area contributed by atoms with Crippen molar-refractivity contribution in [3.05, 3.63) is 28.8 Å². The van der Waals surface area contributed by atoms with Gasteiger partial charge in [-0.3, -0.25) is 0 Å². The largest absolute Gasteiger partial charge is 0.241 e. The van der Waals surface area contributed by atoms with Crippen molar-refractivity contribution in [3.63, 3.8) is 0 Å². The molecule has 0 unspecified atom stereocenters. The fourth-order valence-corrected chi connectivity index (χ4v) is 1.27. The Morgan fingerprint density at radius 1 is 1.64 bits per heavy atom. The van der Waals surface area contributed by atoms with Gasteiger partial charge in [0.25, 0.3) is 0 Å². The third kappa shape index (κ3) is 2.42. The van der Waals surface area contributed by atoms with E-state index in [1.54, 1.807) is 6.20 Å². The molecule has 0 saturated carbocycles. The van der Waals surface area contributed by atoms with Crippen molar-refractivity contribution in [3.8, 4) is 0 Å². The van der Waals surface area contributed by atoms with E-state index in [4.69, 9.17) is 11.6 Å². The summed E-state index contributed by atoms with van der Waals surface area (Å²) in [6, 6.07) is 1.40. The van der Waals surface area contributed by atoms with Crippen LogP contribution in [0.15, 0.2) is 12.3 Å². The fourth-order valence-electron chi connectivity index (χ4n) is 0.707. The number of pyridine rings is 1. The lowest BCUT2D eigenvalue weighted by Gasteiger charge is -1.97. The predicted molar refractivity (Wildman–Crippen MR) is 46.7 cm³/mol. The fraction of sp³-hybridized carbons (Fsp3) is 0.286. The molecular formula is C7H6BrClFN. The minimum atomic E-state index is -0.454. The van der Waals surface area contributed by atoms with Crippen molar-refractivity contribution in [1.82, 2.24) is 4.98 Å². The number of hydrogen-bond acceptors (Lipinski definition) is 1. The Morgan fingerprint density at radius 2 is 2.36 bits per heavy atom. The average molecular weight is 238 g/mol. The van der Waals surface area contributed by atoms with Gasteiger partial charge in [0.15, 0.2) is 11.0 Å². The second-order valence-corrected chi connectivity index (χ2v) is 3.21. The molecule has 1 aromatic heterocycles. The number of nitrogens with zero attached hydrogens (tertiary/aromatic N) is 1. The molecule has 0 fully saturated rings. The van der Waals surface area contributed by atoms with Gasteiger partial charge >= 0.3 is 0 Å². The summed E-state index contributed by atoms with van der Waals surface area (Å²) in [5.41, 5.74) is 0.851. The zero-order valence-corrected chi connectivity index (χ0v) is 7.99. The van der Waals surface area contributed by atoms with Crippen molar-refractivity contribution in [1.29, 1.82) is 0 Å². The summed E-state index contributed by atoms with van der Waals surface area (Å²) in [4.78, 5) is 3.67. The maximum Gasteiger partial charge on any atom is 0.164 e. The summed E-state index contributed by atoms with van der Waals surface area (Å²) >= 11 is 8.63. The summed E-state index contributed by atoms with van der Waals surface area (Å²) in [5.74, 6) is -0.454. The number of aromatic nitrogens is 1. The van der Waals surface area contributed by atoms with E-state index in [0.29, 0.717) is 0 Å². The molecule has 0 N–H and O–H groups in total. The third-order valence-electron chi connectivity index (χ3n) is 1.24. The SMILES string of the molecule is Fc1cc(CCBr)cnc1Cl. The standard InChI is InChI=1S/C7H6BrClFN/c8-2-1-5-3-6(10)7(9)11-4-5/h3-4H,1-2H2. The van der Waals surface area contributed by atoms with E-state index < -0.39 is 5.82 Å². The maximum absolute atomic E-state index is 12.7. The summed E-state index contributed by atoms with van der Waals surface area (Å²) in [7, 11) is 0. The number of halogens is 3. The zero-order valence-electron chi connectivity index (χ0n) is 5.65. The van der Waals surface area contributed by atoms with Gasteiger partial charge in [0.05, 0.1) is 0 Å². The molecule has 0 spiro atoms. The van der Waals surface area contributed by atoms with Crippen LogP contribution in [0.5, 0.6) is 0 Å². The van der Waals surface area contributed by atoms with Gasteiger partial charge in [0, 0.05) is 11.5 Å². The van der Waals surface area contributed by atoms with Gasteiger partial charge in [-0.1, -0.05) is 27.5 Å². The summed E-state index contributed by atoms with van der Waals surface area (Å²) in [6.07, 6.45) is 2.34. The Kier molecular flexibility index (Phi) is 3.27. The monoisotopic (exact) mass is 237 g/mol. The Hall–Kier alpha value is -0.150. The average Bonchev–Trinajstić information content (AvgIpc) is 1.98. The second-order valence-electron chi connectivity index (χ2n) is 2.06. The number of alkyl halides is 1. The molecule has 1 nitrogen and oxygen atoms in total. The molecule has 0 atom stereocenters. The van der Waals surface area contributed by atoms with Crippen LogP contribution in [0.1, 0.15) is 5.56 Å². The second kappa shape index (κ2) is 4.02. The first-order valence-electron chi connectivity index (χ1n) is 3.10. The first-order chi connectivity index (χ1) is 5.24. The molecule has 0 aliphatic carbocycles. The summed E-state index contributed by atoms with van der Waals surface area (Å²) in [6.45, 7) is 0. The number of hydrogen-bond donors (Lipinski definition) is 0. The minimum absolute atomic E-state index is 0.0664. The zero-order chi connectivity index (χ0) is 8.27. The van der Waals surface area contributed by atoms with Crippen LogP contribution in [0.4, 0.5) is 4.39 Å². The van der Waals surface area contributed by atoms with Crippen LogP contribution in [-0.2, 0) is 6.42 Å². The molecule has 0 bridgehead atoms. The Balaban J connectivity index is 2.86. The molecule has 1 aromatic rings. The van der Waals surface area contributed by atoms with Gasteiger partial charge in [0.1, 0.15) is 0 Å². The smallest absolute Gasteiger partial charge is 0.164 e. The van der Waals surface area contributed by atoms with Crippen LogP contribution < -0.4 is 0 Å². The Morgan fingerprint density at radius 3 is 2.91 bits per heavy atom. The molecule has 0 amide bonds. The van der Waals surface area contributed by atoms with Crippen molar-refractivity contribution >= 4 is 27.5 Å². The van der Waals surface area contributed by atoms with Gasteiger partial charge < -0.3 is 0 Å². The topological polar surface area (TPSA) is 12.9 Å². The maximum atomic E-state index is 12.7. The van der Waals surface area contributed by atoms with Crippen LogP contribution >= 0.6 is 27.5 Å². The highest BCUT2D eigenvalue weighted by molar-refractivity contribution is 9.09. The van der Waals surface area contributed by atoms with E-state index in [2.05, 4.69) is 20.9 Å². The van der Waals surface area contributed by atoms with Gasteiger partial charge in [-0.2, -0.15) is 0 Å². The Bertz CT molecular complexity index is 254. The lowest BCUT2D eigenvalue weighted by molar-refractivity contribution is 0.619. The highest BCUT2D eigenvalue weighted by Gasteiger charge is 2.00. The third-order valence-corrected chi connectivity index (χ3v) is 1.91. The van der Waals surface area contributed by atoms with Gasteiger partial charge in [-0.05, 0) is 18.1 Å². The van der Waals surface area contributed by atoms with Crippen molar-refractivity contribution in [2.24, 2.45) is 0 Å². The molecule has 1 rings (SSSR count). The molecule has 0 saturated heterocycles. The van der Waals surface area contributed by atoms with Crippen LogP contribution in [0, 0.1) is 5.82 Å². The van der Waals surface area contributed by atoms with Crippen LogP contribution in [-0.4, -0.2) is 10.3 Å². The van der Waals surface area contributed by atoms with E-state index in [0.717, 1.165) is 17.3 Å². The molecule has 0 radical (unpaired) electrons. The highest BCUT2D eigenvalue weighted by atomic mass is 79.9. The van der Waals surface area contributed by atoms with Crippen molar-refractivity contribution < 1.29 is 4.39 Å². The number of rotatable bonds is 2. The van der Waals surface area contributed by atoms with E-state index in [1.165, 1.54) is 6.07 Å². The molecule has 0 aliphatic rings. The summed E-state index contributed by atoms with van der Waals surface area (Å²) in [5, 5.41) is 0.735. The molecule has 0 aromatic carbocycles. The van der Waals surface area contributed by atoms with E-state index >= 15 is 0 Å². The van der Waals surface area contributed by atoms with Crippen molar-refractivity contribution in [2.75, 3.05) is 5.33 Å². The van der Waals surface area contributed by atoms with Gasteiger partial charge in [-0.15, -0.1) is 0 Å². The van der Waals surface area contributed by atoms with Gasteiger partial charge in [-0.25, -0.2) is 9.37 Å². The summed E-state index contributed by atoms with van der Waals surface area (Å²) < 4.78 is 12.7. The predicted octanol–water partition coefficient (Wildman–Crippen LogP) is 2.81. The normalized spacial score (nSPS) is 10.1. The number of aryl methyl sites for hydroxylation is 1. The molecule has 0 aliphatic heterocycles. The minimum Gasteiger partial charge on any atom is -0.241 e. The molecule has 4 heteroatoms. The van der Waals surface area contributed by atoms with E-state index in [9.17, 15) is 4.39 Å². The van der Waals surface area contributed by atoms with Crippen molar-refractivity contribution in [2.45, 2.75) is 6.42 Å². The lowest BCUT2D eigenvalue weighted by Crippen LogP contribution is -1.90. The Labute approximate surface area is 77.7 Å². The lowest BCUT2D eigenvalue weighted by atomic mass is 10.2. The van der Waals surface area contributed by atoms with E-state index in [-0.39, 0.29) is 5.15 Å². The van der Waals surface area contributed by atoms with Crippen LogP contribution in [0.3, 0.4) is 0 Å². The first kappa shape index (κ1) is 8.94. The molecular weight excluding hydrogens is 232 g/mol.